The molecular formula is C22H29NO5. The smallest absolute Gasteiger partial charge is 0.282 e. The van der Waals surface area contributed by atoms with Gasteiger partial charge in [-0.05, 0) is 49.8 Å². The Bertz CT molecular complexity index is 779. The van der Waals surface area contributed by atoms with Crippen LogP contribution in [0.15, 0.2) is 24.0 Å². The second kappa shape index (κ2) is 7.17. The summed E-state index contributed by atoms with van der Waals surface area (Å²) in [6.07, 6.45) is 3.12. The molecule has 0 atom stereocenters. The van der Waals surface area contributed by atoms with Crippen molar-refractivity contribution in [1.82, 2.24) is 5.06 Å². The number of carbonyl (C=O) groups is 1. The molecule has 1 amide bonds. The van der Waals surface area contributed by atoms with Crippen LogP contribution in [-0.4, -0.2) is 47.2 Å². The molecule has 152 valence electrons. The van der Waals surface area contributed by atoms with Crippen LogP contribution in [-0.2, 0) is 19.1 Å². The number of hydrogen-bond acceptors (Lipinski definition) is 5. The fourth-order valence-electron chi connectivity index (χ4n) is 4.80. The minimum atomic E-state index is -0.850. The number of hydroxylamine groups is 2. The summed E-state index contributed by atoms with van der Waals surface area (Å²) >= 11 is 0. The molecule has 0 bridgehead atoms. The van der Waals surface area contributed by atoms with Crippen molar-refractivity contribution in [3.05, 3.63) is 40.6 Å². The maximum atomic E-state index is 13.4. The fourth-order valence-corrected chi connectivity index (χ4v) is 4.80. The van der Waals surface area contributed by atoms with E-state index in [2.05, 4.69) is 0 Å². The van der Waals surface area contributed by atoms with Crippen LogP contribution in [0.25, 0.3) is 5.57 Å². The number of rotatable bonds is 4. The molecule has 6 heteroatoms. The molecular weight excluding hydrogens is 358 g/mol. The fraction of sp³-hybridized carbons (Fsp3) is 0.591. The molecule has 0 aromatic heterocycles. The topological polar surface area (TPSA) is 68.2 Å². The van der Waals surface area contributed by atoms with E-state index >= 15 is 0 Å². The van der Waals surface area contributed by atoms with Gasteiger partial charge in [-0.25, -0.2) is 5.06 Å². The van der Waals surface area contributed by atoms with Gasteiger partial charge in [0.1, 0.15) is 11.3 Å². The SMILES string of the molecule is CCCON1C(=O)C(c2c(C)cccc2C)=C(O)C12CCC1(CC2)OCCO1. The third kappa shape index (κ3) is 2.86. The number of hydrogen-bond donors (Lipinski definition) is 1. The van der Waals surface area contributed by atoms with Crippen molar-refractivity contribution < 1.29 is 24.2 Å². The zero-order valence-electron chi connectivity index (χ0n) is 16.9. The van der Waals surface area contributed by atoms with Gasteiger partial charge in [-0.15, -0.1) is 0 Å². The first-order chi connectivity index (χ1) is 13.4. The number of ether oxygens (including phenoxy) is 2. The first-order valence-electron chi connectivity index (χ1n) is 10.2. The second-order valence-electron chi connectivity index (χ2n) is 8.06. The van der Waals surface area contributed by atoms with E-state index in [1.165, 1.54) is 5.06 Å². The summed E-state index contributed by atoms with van der Waals surface area (Å²) in [5.41, 5.74) is 2.27. The summed E-state index contributed by atoms with van der Waals surface area (Å²) in [6, 6.07) is 5.90. The maximum absolute atomic E-state index is 13.4. The third-order valence-corrected chi connectivity index (χ3v) is 6.27. The maximum Gasteiger partial charge on any atom is 0.282 e. The molecule has 0 unspecified atom stereocenters. The highest BCUT2D eigenvalue weighted by Crippen LogP contribution is 2.51. The van der Waals surface area contributed by atoms with E-state index in [4.69, 9.17) is 14.3 Å². The molecule has 1 aromatic rings. The number of benzene rings is 1. The van der Waals surface area contributed by atoms with Crippen LogP contribution in [0.5, 0.6) is 0 Å². The Kier molecular flexibility index (Phi) is 4.98. The molecule has 6 nitrogen and oxygen atoms in total. The molecule has 2 spiro atoms. The van der Waals surface area contributed by atoms with Gasteiger partial charge in [-0.2, -0.15) is 0 Å². The van der Waals surface area contributed by atoms with Gasteiger partial charge in [0.2, 0.25) is 0 Å². The molecule has 1 aliphatic carbocycles. The third-order valence-electron chi connectivity index (χ3n) is 6.27. The summed E-state index contributed by atoms with van der Waals surface area (Å²) in [6.45, 7) is 7.55. The molecule has 2 fully saturated rings. The van der Waals surface area contributed by atoms with Gasteiger partial charge in [0.15, 0.2) is 5.79 Å². The van der Waals surface area contributed by atoms with Crippen molar-refractivity contribution in [3.63, 3.8) is 0 Å². The van der Waals surface area contributed by atoms with Gasteiger partial charge in [0.25, 0.3) is 5.91 Å². The monoisotopic (exact) mass is 387 g/mol. The van der Waals surface area contributed by atoms with Crippen molar-refractivity contribution in [2.24, 2.45) is 0 Å². The molecule has 1 saturated carbocycles. The average Bonchev–Trinajstić information content (AvgIpc) is 3.21. The Hall–Kier alpha value is -1.89. The lowest BCUT2D eigenvalue weighted by molar-refractivity contribution is -0.241. The molecule has 2 heterocycles. The van der Waals surface area contributed by atoms with Crippen LogP contribution in [0.3, 0.4) is 0 Å². The predicted molar refractivity (Wildman–Crippen MR) is 104 cm³/mol. The summed E-state index contributed by atoms with van der Waals surface area (Å²) < 4.78 is 11.7. The Morgan fingerprint density at radius 3 is 2.29 bits per heavy atom. The van der Waals surface area contributed by atoms with Crippen molar-refractivity contribution >= 4 is 11.5 Å². The Balaban J connectivity index is 1.76. The van der Waals surface area contributed by atoms with Crippen molar-refractivity contribution in [3.8, 4) is 0 Å². The van der Waals surface area contributed by atoms with Crippen LogP contribution in [0.4, 0.5) is 0 Å². The summed E-state index contributed by atoms with van der Waals surface area (Å²) in [5.74, 6) is -0.710. The number of aliphatic hydroxyl groups is 1. The van der Waals surface area contributed by atoms with Crippen molar-refractivity contribution in [2.45, 2.75) is 64.2 Å². The molecule has 1 aromatic carbocycles. The van der Waals surface area contributed by atoms with Gasteiger partial charge in [0, 0.05) is 12.8 Å². The van der Waals surface area contributed by atoms with Crippen molar-refractivity contribution in [1.29, 1.82) is 0 Å². The lowest BCUT2D eigenvalue weighted by atomic mass is 9.77. The lowest BCUT2D eigenvalue weighted by Crippen LogP contribution is -2.54. The lowest BCUT2D eigenvalue weighted by Gasteiger charge is -2.45. The van der Waals surface area contributed by atoms with Crippen LogP contribution < -0.4 is 0 Å². The first-order valence-corrected chi connectivity index (χ1v) is 10.2. The van der Waals surface area contributed by atoms with Gasteiger partial charge >= 0.3 is 0 Å². The molecule has 28 heavy (non-hydrogen) atoms. The molecule has 1 saturated heterocycles. The zero-order chi connectivity index (χ0) is 19.9. The molecule has 1 N–H and O–H groups in total. The van der Waals surface area contributed by atoms with Crippen LogP contribution >= 0.6 is 0 Å². The van der Waals surface area contributed by atoms with Crippen LogP contribution in [0.2, 0.25) is 0 Å². The van der Waals surface area contributed by atoms with E-state index in [-0.39, 0.29) is 11.7 Å². The average molecular weight is 387 g/mol. The predicted octanol–water partition coefficient (Wildman–Crippen LogP) is 3.81. The standard InChI is InChI=1S/C22H29NO5/c1-4-12-28-23-20(25)18(17-15(2)6-5-7-16(17)3)19(24)21(23)8-10-22(11-9-21)26-13-14-27-22/h5-7,24H,4,8-14H2,1-3H3. The highest BCUT2D eigenvalue weighted by atomic mass is 16.7. The summed E-state index contributed by atoms with van der Waals surface area (Å²) in [5, 5.41) is 12.8. The van der Waals surface area contributed by atoms with E-state index < -0.39 is 11.3 Å². The molecule has 4 rings (SSSR count). The quantitative estimate of drug-likeness (QED) is 0.851. The number of nitrogens with zero attached hydrogens (tertiary/aromatic N) is 1. The van der Waals surface area contributed by atoms with Gasteiger partial charge in [-0.3, -0.25) is 9.63 Å². The zero-order valence-corrected chi connectivity index (χ0v) is 16.9. The Morgan fingerprint density at radius 1 is 1.11 bits per heavy atom. The van der Waals surface area contributed by atoms with Gasteiger partial charge in [-0.1, -0.05) is 25.1 Å². The number of amides is 1. The molecule has 2 aliphatic heterocycles. The Morgan fingerprint density at radius 2 is 1.71 bits per heavy atom. The van der Waals surface area contributed by atoms with Crippen LogP contribution in [0.1, 0.15) is 55.7 Å². The van der Waals surface area contributed by atoms with Crippen LogP contribution in [0, 0.1) is 13.8 Å². The summed E-state index contributed by atoms with van der Waals surface area (Å²) in [7, 11) is 0. The first kappa shape index (κ1) is 19.4. The Labute approximate surface area is 166 Å². The highest BCUT2D eigenvalue weighted by Gasteiger charge is 2.58. The van der Waals surface area contributed by atoms with E-state index in [0.29, 0.717) is 51.1 Å². The molecule has 3 aliphatic rings. The number of aryl methyl sites for hydroxylation is 2. The van der Waals surface area contributed by atoms with Gasteiger partial charge < -0.3 is 14.6 Å². The van der Waals surface area contributed by atoms with E-state index in [1.54, 1.807) is 0 Å². The second-order valence-corrected chi connectivity index (χ2v) is 8.06. The largest absolute Gasteiger partial charge is 0.509 e. The molecule has 0 radical (unpaired) electrons. The van der Waals surface area contributed by atoms with Gasteiger partial charge in [0.05, 0.1) is 25.4 Å². The number of aliphatic hydroxyl groups excluding tert-OH is 1. The van der Waals surface area contributed by atoms with E-state index in [1.807, 2.05) is 39.0 Å². The minimum absolute atomic E-state index is 0.124. The number of carbonyl (C=O) groups excluding carboxylic acids is 1. The van der Waals surface area contributed by atoms with Crippen molar-refractivity contribution in [2.75, 3.05) is 19.8 Å². The van der Waals surface area contributed by atoms with E-state index in [9.17, 15) is 9.90 Å². The minimum Gasteiger partial charge on any atom is -0.509 e. The highest BCUT2D eigenvalue weighted by molar-refractivity contribution is 6.23. The van der Waals surface area contributed by atoms with E-state index in [0.717, 1.165) is 23.1 Å². The summed E-state index contributed by atoms with van der Waals surface area (Å²) in [4.78, 5) is 19.3. The normalized spacial score (nSPS) is 23.4.